The summed E-state index contributed by atoms with van der Waals surface area (Å²) in [6, 6.07) is 8.85. The van der Waals surface area contributed by atoms with Crippen molar-refractivity contribution in [3.63, 3.8) is 0 Å². The van der Waals surface area contributed by atoms with E-state index in [9.17, 15) is 9.18 Å². The van der Waals surface area contributed by atoms with Crippen molar-refractivity contribution in [3.8, 4) is 5.75 Å². The summed E-state index contributed by atoms with van der Waals surface area (Å²) in [5, 5.41) is 0.480. The van der Waals surface area contributed by atoms with Crippen LogP contribution >= 0.6 is 27.5 Å². The molecule has 98 valence electrons. The summed E-state index contributed by atoms with van der Waals surface area (Å²) < 4.78 is 18.5. The Labute approximate surface area is 123 Å². The van der Waals surface area contributed by atoms with Gasteiger partial charge >= 0.3 is 0 Å². The molecule has 0 saturated carbocycles. The fourth-order valence-electron chi connectivity index (χ4n) is 1.65. The minimum atomic E-state index is -0.417. The minimum absolute atomic E-state index is 0.242. The van der Waals surface area contributed by atoms with Gasteiger partial charge in [0, 0.05) is 10.6 Å². The number of hydrogen-bond acceptors (Lipinski definition) is 2. The maximum Gasteiger partial charge on any atom is 0.196 e. The first kappa shape index (κ1) is 14.0. The molecule has 2 aromatic carbocycles. The van der Waals surface area contributed by atoms with E-state index in [4.69, 9.17) is 16.3 Å². The molecular formula is C14H9BrClFO2. The van der Waals surface area contributed by atoms with E-state index in [1.165, 1.54) is 25.3 Å². The first-order chi connectivity index (χ1) is 9.02. The summed E-state index contributed by atoms with van der Waals surface area (Å²) in [6.45, 7) is 0. The third-order valence-electron chi connectivity index (χ3n) is 2.59. The molecule has 0 aliphatic rings. The standard InChI is InChI=1S/C14H9BrClFO2/c1-19-13-7-9(16)3-4-10(13)14(18)8-2-5-12(17)11(15)6-8/h2-7H,1H3. The van der Waals surface area contributed by atoms with Crippen molar-refractivity contribution in [2.75, 3.05) is 7.11 Å². The fourth-order valence-corrected chi connectivity index (χ4v) is 2.19. The topological polar surface area (TPSA) is 26.3 Å². The van der Waals surface area contributed by atoms with E-state index in [0.717, 1.165) is 0 Å². The van der Waals surface area contributed by atoms with Crippen LogP contribution in [-0.2, 0) is 0 Å². The van der Waals surface area contributed by atoms with E-state index in [1.807, 2.05) is 0 Å². The molecule has 5 heteroatoms. The minimum Gasteiger partial charge on any atom is -0.496 e. The van der Waals surface area contributed by atoms with Gasteiger partial charge < -0.3 is 4.74 Å². The molecule has 0 spiro atoms. The summed E-state index contributed by atoms with van der Waals surface area (Å²) in [5.74, 6) is -0.285. The Hall–Kier alpha value is -1.39. The molecule has 0 aliphatic carbocycles. The number of halogens is 3. The van der Waals surface area contributed by atoms with Gasteiger partial charge in [-0.05, 0) is 52.3 Å². The zero-order chi connectivity index (χ0) is 14.0. The molecule has 0 aromatic heterocycles. The van der Waals surface area contributed by atoms with Crippen molar-refractivity contribution in [1.82, 2.24) is 0 Å². The highest BCUT2D eigenvalue weighted by atomic mass is 79.9. The maximum absolute atomic E-state index is 13.2. The second-order valence-electron chi connectivity index (χ2n) is 3.80. The third kappa shape index (κ3) is 2.96. The molecule has 0 heterocycles. The predicted octanol–water partition coefficient (Wildman–Crippen LogP) is 4.48. The molecule has 0 atom stereocenters. The SMILES string of the molecule is COc1cc(Cl)ccc1C(=O)c1ccc(F)c(Br)c1. The summed E-state index contributed by atoms with van der Waals surface area (Å²) in [6.07, 6.45) is 0. The largest absolute Gasteiger partial charge is 0.496 e. The molecular weight excluding hydrogens is 335 g/mol. The summed E-state index contributed by atoms with van der Waals surface area (Å²) in [4.78, 5) is 12.3. The second-order valence-corrected chi connectivity index (χ2v) is 5.09. The van der Waals surface area contributed by atoms with E-state index >= 15 is 0 Å². The Morgan fingerprint density at radius 1 is 1.26 bits per heavy atom. The number of ether oxygens (including phenoxy) is 1. The maximum atomic E-state index is 13.2. The van der Waals surface area contributed by atoms with E-state index < -0.39 is 5.82 Å². The lowest BCUT2D eigenvalue weighted by Gasteiger charge is -2.08. The number of hydrogen-bond donors (Lipinski definition) is 0. The van der Waals surface area contributed by atoms with Gasteiger partial charge in [0.05, 0.1) is 17.1 Å². The van der Waals surface area contributed by atoms with Gasteiger partial charge in [-0.15, -0.1) is 0 Å². The molecule has 0 amide bonds. The van der Waals surface area contributed by atoms with Crippen molar-refractivity contribution in [2.24, 2.45) is 0 Å². The number of benzene rings is 2. The Morgan fingerprint density at radius 3 is 2.63 bits per heavy atom. The van der Waals surface area contributed by atoms with Crippen LogP contribution in [0.4, 0.5) is 4.39 Å². The highest BCUT2D eigenvalue weighted by Crippen LogP contribution is 2.26. The van der Waals surface area contributed by atoms with Crippen LogP contribution in [-0.4, -0.2) is 12.9 Å². The first-order valence-electron chi connectivity index (χ1n) is 5.36. The average Bonchev–Trinajstić information content (AvgIpc) is 2.41. The Morgan fingerprint density at radius 2 is 2.00 bits per heavy atom. The van der Waals surface area contributed by atoms with Gasteiger partial charge in [-0.1, -0.05) is 11.6 Å². The van der Waals surface area contributed by atoms with Crippen LogP contribution in [0.3, 0.4) is 0 Å². The number of ketones is 1. The van der Waals surface area contributed by atoms with Crippen molar-refractivity contribution in [1.29, 1.82) is 0 Å². The summed E-state index contributed by atoms with van der Waals surface area (Å²) in [5.41, 5.74) is 0.749. The molecule has 2 aromatic rings. The quantitative estimate of drug-likeness (QED) is 0.768. The van der Waals surface area contributed by atoms with Crippen molar-refractivity contribution in [2.45, 2.75) is 0 Å². The van der Waals surface area contributed by atoms with E-state index in [-0.39, 0.29) is 10.3 Å². The lowest BCUT2D eigenvalue weighted by molar-refractivity contribution is 0.103. The summed E-state index contributed by atoms with van der Waals surface area (Å²) >= 11 is 8.90. The fraction of sp³-hybridized carbons (Fsp3) is 0.0714. The van der Waals surface area contributed by atoms with Gasteiger partial charge in [-0.25, -0.2) is 4.39 Å². The molecule has 0 radical (unpaired) electrons. The van der Waals surface area contributed by atoms with Gasteiger partial charge in [0.2, 0.25) is 0 Å². The van der Waals surface area contributed by atoms with Gasteiger partial charge in [0.1, 0.15) is 11.6 Å². The Kier molecular flexibility index (Phi) is 4.22. The molecule has 2 rings (SSSR count). The van der Waals surface area contributed by atoms with E-state index in [0.29, 0.717) is 21.9 Å². The van der Waals surface area contributed by atoms with Crippen LogP contribution in [0.15, 0.2) is 40.9 Å². The highest BCUT2D eigenvalue weighted by Gasteiger charge is 2.16. The second kappa shape index (κ2) is 5.72. The van der Waals surface area contributed by atoms with Gasteiger partial charge in [-0.3, -0.25) is 4.79 Å². The number of carbonyl (C=O) groups is 1. The molecule has 0 N–H and O–H groups in total. The van der Waals surface area contributed by atoms with Gasteiger partial charge in [0.15, 0.2) is 5.78 Å². The van der Waals surface area contributed by atoms with Gasteiger partial charge in [-0.2, -0.15) is 0 Å². The van der Waals surface area contributed by atoms with Crippen molar-refractivity contribution < 1.29 is 13.9 Å². The van der Waals surface area contributed by atoms with Crippen LogP contribution in [0.2, 0.25) is 5.02 Å². The molecule has 19 heavy (non-hydrogen) atoms. The van der Waals surface area contributed by atoms with Gasteiger partial charge in [0.25, 0.3) is 0 Å². The third-order valence-corrected chi connectivity index (χ3v) is 3.43. The number of methoxy groups -OCH3 is 1. The summed E-state index contributed by atoms with van der Waals surface area (Å²) in [7, 11) is 1.46. The Balaban J connectivity index is 2.46. The van der Waals surface area contributed by atoms with E-state index in [1.54, 1.807) is 18.2 Å². The van der Waals surface area contributed by atoms with Crippen molar-refractivity contribution >= 4 is 33.3 Å². The molecule has 0 unspecified atom stereocenters. The molecule has 0 bridgehead atoms. The number of carbonyl (C=O) groups excluding carboxylic acids is 1. The zero-order valence-electron chi connectivity index (χ0n) is 9.91. The lowest BCUT2D eigenvalue weighted by Crippen LogP contribution is -2.04. The monoisotopic (exact) mass is 342 g/mol. The van der Waals surface area contributed by atoms with Crippen LogP contribution in [0.1, 0.15) is 15.9 Å². The van der Waals surface area contributed by atoms with E-state index in [2.05, 4.69) is 15.9 Å². The molecule has 2 nitrogen and oxygen atoms in total. The Bertz CT molecular complexity index is 643. The predicted molar refractivity (Wildman–Crippen MR) is 75.5 cm³/mol. The van der Waals surface area contributed by atoms with Crippen LogP contribution < -0.4 is 4.74 Å². The molecule has 0 saturated heterocycles. The van der Waals surface area contributed by atoms with Crippen LogP contribution in [0, 0.1) is 5.82 Å². The molecule has 0 fully saturated rings. The van der Waals surface area contributed by atoms with Crippen LogP contribution in [0.25, 0.3) is 0 Å². The smallest absolute Gasteiger partial charge is 0.196 e. The highest BCUT2D eigenvalue weighted by molar-refractivity contribution is 9.10. The van der Waals surface area contributed by atoms with Crippen molar-refractivity contribution in [3.05, 3.63) is 62.8 Å². The lowest BCUT2D eigenvalue weighted by atomic mass is 10.0. The zero-order valence-corrected chi connectivity index (χ0v) is 12.3. The number of rotatable bonds is 3. The normalized spacial score (nSPS) is 10.3. The van der Waals surface area contributed by atoms with Crippen LogP contribution in [0.5, 0.6) is 5.75 Å². The average molecular weight is 344 g/mol. The molecule has 0 aliphatic heterocycles. The first-order valence-corrected chi connectivity index (χ1v) is 6.53.